The van der Waals surface area contributed by atoms with Crippen molar-refractivity contribution in [2.45, 2.75) is 44.9 Å². The van der Waals surface area contributed by atoms with E-state index in [0.29, 0.717) is 17.8 Å². The van der Waals surface area contributed by atoms with E-state index in [1.807, 2.05) is 12.1 Å². The molecule has 0 spiro atoms. The van der Waals surface area contributed by atoms with Crippen molar-refractivity contribution in [2.75, 3.05) is 6.54 Å². The Labute approximate surface area is 154 Å². The number of nitrogens with zero attached hydrogens (tertiary/aromatic N) is 5. The average Bonchev–Trinajstić information content (AvgIpc) is 3.26. The van der Waals surface area contributed by atoms with Crippen molar-refractivity contribution in [3.63, 3.8) is 0 Å². The summed E-state index contributed by atoms with van der Waals surface area (Å²) in [7, 11) is 0. The minimum absolute atomic E-state index is 0.00831. The van der Waals surface area contributed by atoms with Gasteiger partial charge in [-0.05, 0) is 49.6 Å². The molecule has 0 unspecified atom stereocenters. The van der Waals surface area contributed by atoms with Gasteiger partial charge >= 0.3 is 6.18 Å². The zero-order valence-electron chi connectivity index (χ0n) is 14.9. The second kappa shape index (κ2) is 6.92. The lowest BCUT2D eigenvalue weighted by molar-refractivity contribution is -0.142. The van der Waals surface area contributed by atoms with E-state index in [9.17, 15) is 13.2 Å². The molecule has 3 aromatic heterocycles. The van der Waals surface area contributed by atoms with Gasteiger partial charge in [0, 0.05) is 30.7 Å². The third kappa shape index (κ3) is 3.53. The van der Waals surface area contributed by atoms with Crippen LogP contribution >= 0.6 is 0 Å². The highest BCUT2D eigenvalue weighted by Crippen LogP contribution is 2.35. The maximum Gasteiger partial charge on any atom is 0.433 e. The molecule has 1 aliphatic heterocycles. The summed E-state index contributed by atoms with van der Waals surface area (Å²) in [6, 6.07) is 6.69. The molecule has 5 nitrogen and oxygen atoms in total. The molecule has 1 atom stereocenters. The Morgan fingerprint density at radius 1 is 1.19 bits per heavy atom. The minimum atomic E-state index is -4.47. The molecule has 4 heterocycles. The number of likely N-dealkylation sites (tertiary alicyclic amines) is 1. The first-order valence-electron chi connectivity index (χ1n) is 9.05. The van der Waals surface area contributed by atoms with Gasteiger partial charge < -0.3 is 0 Å². The summed E-state index contributed by atoms with van der Waals surface area (Å²) in [5, 5.41) is 4.31. The average molecular weight is 375 g/mol. The number of halogens is 3. The van der Waals surface area contributed by atoms with E-state index in [1.165, 1.54) is 0 Å². The number of rotatable bonds is 4. The molecule has 1 fully saturated rings. The summed E-state index contributed by atoms with van der Waals surface area (Å²) in [5.74, 6) is 0. The first-order chi connectivity index (χ1) is 13.0. The van der Waals surface area contributed by atoms with E-state index in [4.69, 9.17) is 0 Å². The number of aromatic nitrogens is 4. The largest absolute Gasteiger partial charge is 0.433 e. The Kier molecular flexibility index (Phi) is 4.59. The predicted molar refractivity (Wildman–Crippen MR) is 94.0 cm³/mol. The normalized spacial score (nSPS) is 18.4. The van der Waals surface area contributed by atoms with Gasteiger partial charge in [0.1, 0.15) is 5.69 Å². The van der Waals surface area contributed by atoms with E-state index in [2.05, 4.69) is 20.0 Å². The molecule has 0 bridgehead atoms. The summed E-state index contributed by atoms with van der Waals surface area (Å²) >= 11 is 0. The standard InChI is InChI=1S/C19H20F3N5/c1-2-14-10-17(19(20,21)22)27-18(24-14)11-15(25-27)16-4-3-9-26(16)12-13-5-7-23-8-6-13/h5-8,10-11,16H,2-4,9,12H2,1H3/t16-/m1/s1. The van der Waals surface area contributed by atoms with Gasteiger partial charge in [0.25, 0.3) is 0 Å². The zero-order valence-corrected chi connectivity index (χ0v) is 14.9. The lowest BCUT2D eigenvalue weighted by Gasteiger charge is -2.22. The summed E-state index contributed by atoms with van der Waals surface area (Å²) in [6.07, 6.45) is 1.33. The molecule has 8 heteroatoms. The molecular formula is C19H20F3N5. The first kappa shape index (κ1) is 17.9. The summed E-state index contributed by atoms with van der Waals surface area (Å²) < 4.78 is 41.4. The maximum atomic E-state index is 13.5. The first-order valence-corrected chi connectivity index (χ1v) is 9.05. The van der Waals surface area contributed by atoms with E-state index in [-0.39, 0.29) is 11.7 Å². The number of pyridine rings is 1. The Bertz CT molecular complexity index is 936. The highest BCUT2D eigenvalue weighted by Gasteiger charge is 2.36. The van der Waals surface area contributed by atoms with Crippen LogP contribution in [0.1, 0.15) is 48.5 Å². The van der Waals surface area contributed by atoms with Gasteiger partial charge in [0.05, 0.1) is 11.7 Å². The molecule has 142 valence electrons. The van der Waals surface area contributed by atoms with Crippen LogP contribution in [0.25, 0.3) is 5.65 Å². The number of alkyl halides is 3. The Balaban J connectivity index is 1.71. The van der Waals surface area contributed by atoms with E-state index >= 15 is 0 Å². The van der Waals surface area contributed by atoms with Crippen molar-refractivity contribution >= 4 is 5.65 Å². The summed E-state index contributed by atoms with van der Waals surface area (Å²) in [4.78, 5) is 10.6. The fraction of sp³-hybridized carbons (Fsp3) is 0.421. The monoisotopic (exact) mass is 375 g/mol. The van der Waals surface area contributed by atoms with Gasteiger partial charge in [-0.2, -0.15) is 18.3 Å². The molecule has 1 aliphatic rings. The zero-order chi connectivity index (χ0) is 19.0. The Morgan fingerprint density at radius 3 is 2.67 bits per heavy atom. The molecule has 0 radical (unpaired) electrons. The lowest BCUT2D eigenvalue weighted by Crippen LogP contribution is -2.23. The van der Waals surface area contributed by atoms with E-state index in [0.717, 1.165) is 42.1 Å². The van der Waals surface area contributed by atoms with Gasteiger partial charge in [-0.3, -0.25) is 9.88 Å². The van der Waals surface area contributed by atoms with Crippen molar-refractivity contribution < 1.29 is 13.2 Å². The van der Waals surface area contributed by atoms with Crippen LogP contribution in [0.3, 0.4) is 0 Å². The molecule has 0 saturated carbocycles. The maximum absolute atomic E-state index is 13.5. The highest BCUT2D eigenvalue weighted by atomic mass is 19.4. The summed E-state index contributed by atoms with van der Waals surface area (Å²) in [5.41, 5.74) is 1.68. The number of aryl methyl sites for hydroxylation is 1. The van der Waals surface area contributed by atoms with Gasteiger partial charge in [-0.25, -0.2) is 9.50 Å². The van der Waals surface area contributed by atoms with Crippen LogP contribution in [0, 0.1) is 0 Å². The third-order valence-electron chi connectivity index (χ3n) is 4.99. The van der Waals surface area contributed by atoms with Crippen molar-refractivity contribution in [3.8, 4) is 0 Å². The highest BCUT2D eigenvalue weighted by molar-refractivity contribution is 5.43. The molecule has 0 aliphatic carbocycles. The molecule has 0 amide bonds. The van der Waals surface area contributed by atoms with Gasteiger partial charge in [-0.1, -0.05) is 6.92 Å². The van der Waals surface area contributed by atoms with Crippen LogP contribution in [0.4, 0.5) is 13.2 Å². The number of hydrogen-bond donors (Lipinski definition) is 0. The van der Waals surface area contributed by atoms with Crippen LogP contribution in [0.15, 0.2) is 36.7 Å². The quantitative estimate of drug-likeness (QED) is 0.690. The second-order valence-electron chi connectivity index (χ2n) is 6.81. The predicted octanol–water partition coefficient (Wildman–Crippen LogP) is 4.04. The van der Waals surface area contributed by atoms with Gasteiger partial charge in [0.15, 0.2) is 5.65 Å². The van der Waals surface area contributed by atoms with Crippen LogP contribution < -0.4 is 0 Å². The van der Waals surface area contributed by atoms with Crippen molar-refractivity contribution in [1.82, 2.24) is 24.5 Å². The second-order valence-corrected chi connectivity index (χ2v) is 6.81. The van der Waals surface area contributed by atoms with Crippen molar-refractivity contribution in [1.29, 1.82) is 0 Å². The van der Waals surface area contributed by atoms with E-state index < -0.39 is 11.9 Å². The van der Waals surface area contributed by atoms with Crippen molar-refractivity contribution in [3.05, 3.63) is 59.3 Å². The molecule has 0 aromatic carbocycles. The topological polar surface area (TPSA) is 46.3 Å². The fourth-order valence-corrected chi connectivity index (χ4v) is 3.66. The Morgan fingerprint density at radius 2 is 1.96 bits per heavy atom. The molecular weight excluding hydrogens is 355 g/mol. The molecule has 4 rings (SSSR count). The third-order valence-corrected chi connectivity index (χ3v) is 4.99. The minimum Gasteiger partial charge on any atom is -0.290 e. The van der Waals surface area contributed by atoms with Crippen LogP contribution in [0.2, 0.25) is 0 Å². The van der Waals surface area contributed by atoms with Crippen LogP contribution in [-0.2, 0) is 19.1 Å². The molecule has 3 aromatic rings. The molecule has 27 heavy (non-hydrogen) atoms. The number of hydrogen-bond acceptors (Lipinski definition) is 4. The van der Waals surface area contributed by atoms with Crippen LogP contribution in [0.5, 0.6) is 0 Å². The lowest BCUT2D eigenvalue weighted by atomic mass is 10.1. The van der Waals surface area contributed by atoms with E-state index in [1.54, 1.807) is 25.4 Å². The van der Waals surface area contributed by atoms with Gasteiger partial charge in [0.2, 0.25) is 0 Å². The SMILES string of the molecule is CCc1cc(C(F)(F)F)n2nc([C@H]3CCCN3Cc3ccncc3)cc2n1. The van der Waals surface area contributed by atoms with Gasteiger partial charge in [-0.15, -0.1) is 0 Å². The fourth-order valence-electron chi connectivity index (χ4n) is 3.66. The number of fused-ring (bicyclic) bond motifs is 1. The van der Waals surface area contributed by atoms with Crippen LogP contribution in [-0.4, -0.2) is 31.0 Å². The summed E-state index contributed by atoms with van der Waals surface area (Å²) in [6.45, 7) is 3.41. The molecule has 1 saturated heterocycles. The smallest absolute Gasteiger partial charge is 0.290 e. The molecule has 0 N–H and O–H groups in total. The van der Waals surface area contributed by atoms with Crippen molar-refractivity contribution in [2.24, 2.45) is 0 Å². The Hall–Kier alpha value is -2.48.